The molecule has 1 heterocycles. The van der Waals surface area contributed by atoms with Gasteiger partial charge in [-0.2, -0.15) is 21.6 Å². The van der Waals surface area contributed by atoms with Crippen LogP contribution < -0.4 is 0 Å². The van der Waals surface area contributed by atoms with Gasteiger partial charge in [0.05, 0.1) is 6.33 Å². The Hall–Kier alpha value is -1.09. The molecule has 0 unspecified atom stereocenters. The lowest BCUT2D eigenvalue weighted by atomic mass is 10.1. The van der Waals surface area contributed by atoms with E-state index in [-0.39, 0.29) is 0 Å². The average molecular weight is 386 g/mol. The molecule has 0 saturated heterocycles. The van der Waals surface area contributed by atoms with Gasteiger partial charge in [-0.3, -0.25) is 4.55 Å². The van der Waals surface area contributed by atoms with Gasteiger partial charge in [0.1, 0.15) is 0 Å². The molecule has 0 spiro atoms. The van der Waals surface area contributed by atoms with Gasteiger partial charge in [-0.15, -0.1) is 0 Å². The quantitative estimate of drug-likeness (QED) is 0.322. The van der Waals surface area contributed by atoms with Gasteiger partial charge in [0.2, 0.25) is 0 Å². The molecule has 0 amide bonds. The topological polar surface area (TPSA) is 72.2 Å². The van der Waals surface area contributed by atoms with Gasteiger partial charge in [0, 0.05) is 18.9 Å². The van der Waals surface area contributed by atoms with Gasteiger partial charge in [0.15, 0.2) is 0 Å². The van der Waals surface area contributed by atoms with Crippen LogP contribution in [-0.4, -0.2) is 28.0 Å². The van der Waals surface area contributed by atoms with Crippen LogP contribution in [0.3, 0.4) is 0 Å². The van der Waals surface area contributed by atoms with Gasteiger partial charge in [-0.1, -0.05) is 64.7 Å². The van der Waals surface area contributed by atoms with Crippen LogP contribution in [0.2, 0.25) is 0 Å². The summed E-state index contributed by atoms with van der Waals surface area (Å²) in [5, 5.41) is 0. The number of rotatable bonds is 11. The van der Waals surface area contributed by atoms with Crippen LogP contribution in [0.4, 0.5) is 13.2 Å². The van der Waals surface area contributed by atoms with Crippen LogP contribution in [0.5, 0.6) is 0 Å². The van der Waals surface area contributed by atoms with Gasteiger partial charge in [0.25, 0.3) is 0 Å². The normalized spacial score (nSPS) is 11.9. The molecule has 0 saturated carbocycles. The summed E-state index contributed by atoms with van der Waals surface area (Å²) in [6.07, 6.45) is 19.9. The Morgan fingerprint density at radius 2 is 1.40 bits per heavy atom. The van der Waals surface area contributed by atoms with Crippen molar-refractivity contribution in [1.29, 1.82) is 0 Å². The molecule has 1 rings (SSSR count). The molecule has 1 aromatic rings. The zero-order valence-corrected chi connectivity index (χ0v) is 15.5. The maximum Gasteiger partial charge on any atom is 0.522 e. The molecule has 0 aliphatic carbocycles. The number of alkyl halides is 3. The smallest absolute Gasteiger partial charge is 0.337 e. The first-order valence-electron chi connectivity index (χ1n) is 8.68. The summed E-state index contributed by atoms with van der Waals surface area (Å²) in [7, 11) is -5.84. The third-order valence-electron chi connectivity index (χ3n) is 3.62. The number of nitrogens with zero attached hydrogens (tertiary/aromatic N) is 2. The van der Waals surface area contributed by atoms with Crippen LogP contribution >= 0.6 is 0 Å². The van der Waals surface area contributed by atoms with Crippen molar-refractivity contribution in [2.24, 2.45) is 0 Å². The van der Waals surface area contributed by atoms with Crippen LogP contribution in [0.1, 0.15) is 71.1 Å². The number of hydrogen-bond acceptors (Lipinski definition) is 3. The average Bonchev–Trinajstić information content (AvgIpc) is 3.01. The molecule has 9 heteroatoms. The zero-order valence-electron chi connectivity index (χ0n) is 14.7. The number of hydrogen-bond donors (Lipinski definition) is 1. The van der Waals surface area contributed by atoms with Crippen molar-refractivity contribution in [3.63, 3.8) is 0 Å². The number of imidazole rings is 1. The fourth-order valence-corrected chi connectivity index (χ4v) is 2.20. The highest BCUT2D eigenvalue weighted by atomic mass is 32.2. The van der Waals surface area contributed by atoms with Crippen molar-refractivity contribution in [2.45, 2.75) is 83.2 Å². The van der Waals surface area contributed by atoms with Crippen LogP contribution in [-0.2, 0) is 16.7 Å². The van der Waals surface area contributed by atoms with Crippen molar-refractivity contribution in [3.8, 4) is 0 Å². The Bertz CT molecular complexity index is 517. The first-order chi connectivity index (χ1) is 11.7. The maximum absolute atomic E-state index is 10.7. The molecule has 148 valence electrons. The standard InChI is InChI=1S/C15H28N2.CHF3O3S/c1-2-3-4-5-6-7-8-9-10-11-13-17-14-12-16-15-17;2-1(3,4)8(5,6)7/h12,14-15H,2-11,13H2,1H3;(H,5,6,7). The van der Waals surface area contributed by atoms with E-state index in [0.29, 0.717) is 0 Å². The largest absolute Gasteiger partial charge is 0.522 e. The van der Waals surface area contributed by atoms with E-state index in [9.17, 15) is 13.2 Å². The summed E-state index contributed by atoms with van der Waals surface area (Å²) in [5.74, 6) is 0. The minimum absolute atomic E-state index is 1.14. The molecular formula is C16H29F3N2O3S. The van der Waals surface area contributed by atoms with Crippen molar-refractivity contribution in [3.05, 3.63) is 18.7 Å². The number of halogens is 3. The van der Waals surface area contributed by atoms with Crippen LogP contribution in [0.15, 0.2) is 18.7 Å². The second kappa shape index (κ2) is 13.2. The summed E-state index contributed by atoms with van der Waals surface area (Å²) in [6.45, 7) is 3.41. The maximum atomic E-state index is 10.7. The minimum atomic E-state index is -5.84. The highest BCUT2D eigenvalue weighted by molar-refractivity contribution is 7.86. The van der Waals surface area contributed by atoms with Gasteiger partial charge >= 0.3 is 15.6 Å². The monoisotopic (exact) mass is 386 g/mol. The summed E-state index contributed by atoms with van der Waals surface area (Å²) in [5.41, 5.74) is -5.53. The lowest BCUT2D eigenvalue weighted by Gasteiger charge is -2.03. The second-order valence-electron chi connectivity index (χ2n) is 5.90. The van der Waals surface area contributed by atoms with E-state index in [1.54, 1.807) is 0 Å². The Kier molecular flexibility index (Phi) is 12.6. The molecule has 25 heavy (non-hydrogen) atoms. The van der Waals surface area contributed by atoms with Crippen LogP contribution in [0, 0.1) is 0 Å². The minimum Gasteiger partial charge on any atom is -0.337 e. The summed E-state index contributed by atoms with van der Waals surface area (Å²) < 4.78 is 59.7. The van der Waals surface area contributed by atoms with Crippen molar-refractivity contribution < 1.29 is 26.1 Å². The van der Waals surface area contributed by atoms with E-state index < -0.39 is 15.6 Å². The molecule has 0 aliphatic heterocycles. The molecule has 0 atom stereocenters. The Balaban J connectivity index is 0.000000609. The number of aromatic nitrogens is 2. The predicted molar refractivity (Wildman–Crippen MR) is 91.7 cm³/mol. The molecule has 0 bridgehead atoms. The second-order valence-corrected chi connectivity index (χ2v) is 7.32. The fourth-order valence-electron chi connectivity index (χ4n) is 2.20. The lowest BCUT2D eigenvalue weighted by Crippen LogP contribution is -2.21. The first kappa shape index (κ1) is 23.9. The summed E-state index contributed by atoms with van der Waals surface area (Å²) in [6, 6.07) is 0. The molecule has 0 fully saturated rings. The van der Waals surface area contributed by atoms with E-state index in [1.807, 2.05) is 18.7 Å². The lowest BCUT2D eigenvalue weighted by molar-refractivity contribution is -0.0510. The van der Waals surface area contributed by atoms with E-state index in [4.69, 9.17) is 13.0 Å². The molecule has 0 radical (unpaired) electrons. The Morgan fingerprint density at radius 1 is 0.960 bits per heavy atom. The summed E-state index contributed by atoms with van der Waals surface area (Å²) in [4.78, 5) is 4.05. The number of aryl methyl sites for hydroxylation is 1. The summed E-state index contributed by atoms with van der Waals surface area (Å²) >= 11 is 0. The highest BCUT2D eigenvalue weighted by Gasteiger charge is 2.44. The van der Waals surface area contributed by atoms with Gasteiger partial charge < -0.3 is 4.57 Å². The highest BCUT2D eigenvalue weighted by Crippen LogP contribution is 2.20. The molecule has 1 N–H and O–H groups in total. The Labute approximate surface area is 148 Å². The van der Waals surface area contributed by atoms with Crippen molar-refractivity contribution in [1.82, 2.24) is 9.55 Å². The SMILES string of the molecule is CCCCCCCCCCCCn1ccnc1.O=S(=O)(O)C(F)(F)F. The van der Waals surface area contributed by atoms with E-state index >= 15 is 0 Å². The van der Waals surface area contributed by atoms with Crippen molar-refractivity contribution >= 4 is 10.1 Å². The van der Waals surface area contributed by atoms with E-state index in [1.165, 1.54) is 64.2 Å². The number of unbranched alkanes of at least 4 members (excludes halogenated alkanes) is 9. The van der Waals surface area contributed by atoms with Crippen molar-refractivity contribution in [2.75, 3.05) is 0 Å². The van der Waals surface area contributed by atoms with Gasteiger partial charge in [-0.05, 0) is 6.42 Å². The first-order valence-corrected chi connectivity index (χ1v) is 10.1. The third-order valence-corrected chi connectivity index (χ3v) is 4.21. The fraction of sp³-hybridized carbons (Fsp3) is 0.812. The van der Waals surface area contributed by atoms with E-state index in [0.717, 1.165) is 6.54 Å². The molecular weight excluding hydrogens is 357 g/mol. The molecule has 0 aliphatic rings. The predicted octanol–water partition coefficient (Wildman–Crippen LogP) is 5.20. The van der Waals surface area contributed by atoms with E-state index in [2.05, 4.69) is 16.5 Å². The Morgan fingerprint density at radius 3 is 1.76 bits per heavy atom. The zero-order chi connectivity index (χ0) is 19.2. The molecule has 5 nitrogen and oxygen atoms in total. The molecule has 1 aromatic heterocycles. The third kappa shape index (κ3) is 13.8. The van der Waals surface area contributed by atoms with Crippen LogP contribution in [0.25, 0.3) is 0 Å². The molecule has 0 aromatic carbocycles. The van der Waals surface area contributed by atoms with Gasteiger partial charge in [-0.25, -0.2) is 4.98 Å².